The van der Waals surface area contributed by atoms with Crippen molar-refractivity contribution in [2.75, 3.05) is 13.2 Å². The lowest BCUT2D eigenvalue weighted by Gasteiger charge is -2.13. The Morgan fingerprint density at radius 1 is 0.968 bits per heavy atom. The number of hydrazine groups is 1. The SMILES string of the molecule is CCCCCCOc1ccccc1C(=O)NC(=S)NNC(=O)COc1ccc(Br)cc1. The maximum atomic E-state index is 12.5. The van der Waals surface area contributed by atoms with Gasteiger partial charge in [0.1, 0.15) is 11.5 Å². The van der Waals surface area contributed by atoms with Crippen LogP contribution in [-0.4, -0.2) is 30.1 Å². The van der Waals surface area contributed by atoms with E-state index in [4.69, 9.17) is 21.7 Å². The number of carbonyl (C=O) groups is 2. The van der Waals surface area contributed by atoms with E-state index in [1.165, 1.54) is 0 Å². The first-order valence-electron chi connectivity index (χ1n) is 10.00. The number of amides is 2. The third-order valence-corrected chi connectivity index (χ3v) is 4.85. The molecule has 166 valence electrons. The summed E-state index contributed by atoms with van der Waals surface area (Å²) in [4.78, 5) is 24.4. The van der Waals surface area contributed by atoms with Crippen LogP contribution in [0, 0.1) is 0 Å². The molecule has 0 aliphatic carbocycles. The summed E-state index contributed by atoms with van der Waals surface area (Å²) >= 11 is 8.40. The predicted molar refractivity (Wildman–Crippen MR) is 127 cm³/mol. The third-order valence-electron chi connectivity index (χ3n) is 4.11. The summed E-state index contributed by atoms with van der Waals surface area (Å²) in [5.74, 6) is 0.170. The Labute approximate surface area is 196 Å². The minimum atomic E-state index is -0.449. The molecule has 0 spiro atoms. The first-order valence-corrected chi connectivity index (χ1v) is 11.2. The van der Waals surface area contributed by atoms with Crippen molar-refractivity contribution in [1.29, 1.82) is 0 Å². The van der Waals surface area contributed by atoms with Crippen LogP contribution >= 0.6 is 28.1 Å². The van der Waals surface area contributed by atoms with Crippen molar-refractivity contribution >= 4 is 45.1 Å². The zero-order chi connectivity index (χ0) is 22.5. The maximum Gasteiger partial charge on any atom is 0.276 e. The van der Waals surface area contributed by atoms with Crippen LogP contribution in [0.4, 0.5) is 0 Å². The molecule has 2 aromatic rings. The lowest BCUT2D eigenvalue weighted by atomic mass is 10.2. The fraction of sp³-hybridized carbons (Fsp3) is 0.318. The lowest BCUT2D eigenvalue weighted by Crippen LogP contribution is -2.49. The number of para-hydroxylation sites is 1. The van der Waals surface area contributed by atoms with E-state index < -0.39 is 11.8 Å². The fourth-order valence-electron chi connectivity index (χ4n) is 2.54. The molecule has 2 aromatic carbocycles. The molecule has 0 fully saturated rings. The number of unbranched alkanes of at least 4 members (excludes halogenated alkanes) is 3. The van der Waals surface area contributed by atoms with Gasteiger partial charge in [-0.15, -0.1) is 0 Å². The van der Waals surface area contributed by atoms with Crippen molar-refractivity contribution in [3.8, 4) is 11.5 Å². The van der Waals surface area contributed by atoms with Crippen LogP contribution in [0.1, 0.15) is 43.0 Å². The Morgan fingerprint density at radius 2 is 1.71 bits per heavy atom. The number of nitrogens with one attached hydrogen (secondary N) is 3. The van der Waals surface area contributed by atoms with Crippen molar-refractivity contribution < 1.29 is 19.1 Å². The van der Waals surface area contributed by atoms with E-state index in [2.05, 4.69) is 39.0 Å². The van der Waals surface area contributed by atoms with Gasteiger partial charge in [-0.25, -0.2) is 0 Å². The molecule has 0 saturated carbocycles. The molecular formula is C22H26BrN3O4S. The standard InChI is InChI=1S/C22H26BrN3O4S/c1-2-3-4-7-14-29-19-9-6-5-8-18(19)21(28)24-22(31)26-25-20(27)15-30-17-12-10-16(23)11-13-17/h5-6,8-13H,2-4,7,14-15H2,1H3,(H,25,27)(H2,24,26,28,31). The minimum absolute atomic E-state index is 0.0419. The van der Waals surface area contributed by atoms with Gasteiger partial charge in [-0.3, -0.25) is 25.8 Å². The van der Waals surface area contributed by atoms with Gasteiger partial charge >= 0.3 is 0 Å². The first kappa shape index (κ1) is 24.6. The van der Waals surface area contributed by atoms with Crippen molar-refractivity contribution in [3.05, 3.63) is 58.6 Å². The van der Waals surface area contributed by atoms with E-state index in [-0.39, 0.29) is 11.7 Å². The Hall–Kier alpha value is -2.65. The second-order valence-electron chi connectivity index (χ2n) is 6.60. The van der Waals surface area contributed by atoms with Crippen molar-refractivity contribution in [3.63, 3.8) is 0 Å². The van der Waals surface area contributed by atoms with E-state index in [1.54, 1.807) is 36.4 Å². The molecule has 7 nitrogen and oxygen atoms in total. The van der Waals surface area contributed by atoms with Gasteiger partial charge in [0, 0.05) is 4.47 Å². The second kappa shape index (κ2) is 13.6. The molecule has 2 rings (SSSR count). The highest BCUT2D eigenvalue weighted by Gasteiger charge is 2.14. The smallest absolute Gasteiger partial charge is 0.276 e. The van der Waals surface area contributed by atoms with Crippen LogP contribution < -0.4 is 25.6 Å². The van der Waals surface area contributed by atoms with Crippen LogP contribution in [-0.2, 0) is 4.79 Å². The van der Waals surface area contributed by atoms with Crippen molar-refractivity contribution in [2.24, 2.45) is 0 Å². The van der Waals surface area contributed by atoms with Crippen LogP contribution in [0.5, 0.6) is 11.5 Å². The Kier molecular flexibility index (Phi) is 10.8. The number of hydrogen-bond donors (Lipinski definition) is 3. The average Bonchev–Trinajstić information content (AvgIpc) is 2.77. The quantitative estimate of drug-likeness (QED) is 0.254. The number of hydrogen-bond acceptors (Lipinski definition) is 5. The number of thiocarbonyl (C=S) groups is 1. The molecule has 9 heteroatoms. The minimum Gasteiger partial charge on any atom is -0.493 e. The van der Waals surface area contributed by atoms with E-state index >= 15 is 0 Å². The van der Waals surface area contributed by atoms with Gasteiger partial charge in [0.05, 0.1) is 12.2 Å². The predicted octanol–water partition coefficient (Wildman–Crippen LogP) is 4.12. The van der Waals surface area contributed by atoms with E-state index in [0.717, 1.165) is 30.2 Å². The summed E-state index contributed by atoms with van der Waals surface area (Å²) in [6.45, 7) is 2.48. The van der Waals surface area contributed by atoms with Crippen LogP contribution in [0.25, 0.3) is 0 Å². The molecule has 0 aliphatic heterocycles. The number of benzene rings is 2. The summed E-state index contributed by atoms with van der Waals surface area (Å²) in [5.41, 5.74) is 5.23. The Morgan fingerprint density at radius 3 is 2.45 bits per heavy atom. The largest absolute Gasteiger partial charge is 0.493 e. The van der Waals surface area contributed by atoms with E-state index in [9.17, 15) is 9.59 Å². The summed E-state index contributed by atoms with van der Waals surface area (Å²) in [5, 5.41) is 2.48. The second-order valence-corrected chi connectivity index (χ2v) is 7.93. The van der Waals surface area contributed by atoms with E-state index in [1.807, 2.05) is 12.1 Å². The molecule has 0 heterocycles. The molecule has 0 radical (unpaired) electrons. The van der Waals surface area contributed by atoms with Crippen LogP contribution in [0.3, 0.4) is 0 Å². The van der Waals surface area contributed by atoms with Crippen LogP contribution in [0.2, 0.25) is 0 Å². The summed E-state index contributed by atoms with van der Waals surface area (Å²) in [7, 11) is 0. The summed E-state index contributed by atoms with van der Waals surface area (Å²) in [6.07, 6.45) is 4.32. The van der Waals surface area contributed by atoms with Gasteiger partial charge in [0.15, 0.2) is 11.7 Å². The summed E-state index contributed by atoms with van der Waals surface area (Å²) in [6, 6.07) is 14.0. The van der Waals surface area contributed by atoms with E-state index in [0.29, 0.717) is 23.7 Å². The maximum absolute atomic E-state index is 12.5. The Bertz CT molecular complexity index is 877. The van der Waals surface area contributed by atoms with Crippen LogP contribution in [0.15, 0.2) is 53.0 Å². The normalized spacial score (nSPS) is 10.1. The highest BCUT2D eigenvalue weighted by atomic mass is 79.9. The van der Waals surface area contributed by atoms with Gasteiger partial charge in [0.2, 0.25) is 0 Å². The molecule has 0 aliphatic rings. The van der Waals surface area contributed by atoms with Gasteiger partial charge in [-0.2, -0.15) is 0 Å². The average molecular weight is 508 g/mol. The molecule has 2 amide bonds. The monoisotopic (exact) mass is 507 g/mol. The molecular weight excluding hydrogens is 482 g/mol. The topological polar surface area (TPSA) is 88.7 Å². The van der Waals surface area contributed by atoms with Gasteiger partial charge in [-0.1, -0.05) is 54.2 Å². The summed E-state index contributed by atoms with van der Waals surface area (Å²) < 4.78 is 12.0. The molecule has 0 saturated heterocycles. The number of carbonyl (C=O) groups excluding carboxylic acids is 2. The molecule has 0 aromatic heterocycles. The Balaban J connectivity index is 1.75. The first-order chi connectivity index (χ1) is 15.0. The number of rotatable bonds is 10. The molecule has 0 unspecified atom stereocenters. The van der Waals surface area contributed by atoms with Crippen molar-refractivity contribution in [1.82, 2.24) is 16.2 Å². The number of ether oxygens (including phenoxy) is 2. The molecule has 0 atom stereocenters. The highest BCUT2D eigenvalue weighted by molar-refractivity contribution is 9.10. The van der Waals surface area contributed by atoms with Gasteiger partial charge in [0.25, 0.3) is 11.8 Å². The van der Waals surface area contributed by atoms with Crippen molar-refractivity contribution in [2.45, 2.75) is 32.6 Å². The molecule has 3 N–H and O–H groups in total. The lowest BCUT2D eigenvalue weighted by molar-refractivity contribution is -0.123. The fourth-order valence-corrected chi connectivity index (χ4v) is 2.94. The third kappa shape index (κ3) is 9.35. The number of halogens is 1. The van der Waals surface area contributed by atoms with Gasteiger partial charge in [-0.05, 0) is 55.0 Å². The molecule has 31 heavy (non-hydrogen) atoms. The highest BCUT2D eigenvalue weighted by Crippen LogP contribution is 2.18. The molecule has 0 bridgehead atoms. The van der Waals surface area contributed by atoms with Gasteiger partial charge < -0.3 is 9.47 Å². The zero-order valence-electron chi connectivity index (χ0n) is 17.3. The zero-order valence-corrected chi connectivity index (χ0v) is 19.7.